The van der Waals surface area contributed by atoms with E-state index in [-0.39, 0.29) is 0 Å². The summed E-state index contributed by atoms with van der Waals surface area (Å²) in [4.78, 5) is 0. The second-order valence-electron chi connectivity index (χ2n) is 1.74. The van der Waals surface area contributed by atoms with Gasteiger partial charge in [0.1, 0.15) is 0 Å². The molecule has 9 heavy (non-hydrogen) atoms. The van der Waals surface area contributed by atoms with Gasteiger partial charge in [-0.15, -0.1) is 11.6 Å². The van der Waals surface area contributed by atoms with Crippen LogP contribution < -0.4 is 0 Å². The lowest BCUT2D eigenvalue weighted by Gasteiger charge is -1.79. The van der Waals surface area contributed by atoms with Gasteiger partial charge in [0.25, 0.3) is 0 Å². The van der Waals surface area contributed by atoms with Gasteiger partial charge >= 0.3 is 0 Å². The summed E-state index contributed by atoms with van der Waals surface area (Å²) in [7, 11) is 0. The van der Waals surface area contributed by atoms with Crippen LogP contribution in [0.2, 0.25) is 0 Å². The van der Waals surface area contributed by atoms with Crippen LogP contribution in [0.3, 0.4) is 0 Å². The second-order valence-corrected chi connectivity index (χ2v) is 2.05. The summed E-state index contributed by atoms with van der Waals surface area (Å²) in [6.45, 7) is 2.13. The van der Waals surface area contributed by atoms with Crippen LogP contribution in [0, 0.1) is 0 Å². The molecule has 0 aromatic rings. The fourth-order valence-electron chi connectivity index (χ4n) is 0.501. The molecule has 0 heterocycles. The molecule has 0 aromatic carbocycles. The third-order valence-electron chi connectivity index (χ3n) is 0.930. The minimum Gasteiger partial charge on any atom is -0.122 e. The molecule has 0 fully saturated rings. The minimum absolute atomic E-state index is 0.625. The van der Waals surface area contributed by atoms with Gasteiger partial charge in [-0.25, -0.2) is 0 Å². The van der Waals surface area contributed by atoms with E-state index in [1.807, 2.05) is 6.08 Å². The van der Waals surface area contributed by atoms with Gasteiger partial charge in [-0.2, -0.15) is 0 Å². The Labute approximate surface area is 62.2 Å². The number of halogens is 1. The first kappa shape index (κ1) is 8.77. The number of rotatable bonds is 4. The molecule has 0 atom stereocenters. The first-order valence-electron chi connectivity index (χ1n) is 3.27. The van der Waals surface area contributed by atoms with Crippen LogP contribution >= 0.6 is 11.6 Å². The van der Waals surface area contributed by atoms with Crippen LogP contribution in [-0.2, 0) is 0 Å². The Kier molecular flexibility index (Phi) is 7.57. The molecule has 0 saturated heterocycles. The first-order valence-corrected chi connectivity index (χ1v) is 3.81. The van der Waals surface area contributed by atoms with Crippen LogP contribution in [0.25, 0.3) is 0 Å². The van der Waals surface area contributed by atoms with E-state index < -0.39 is 0 Å². The zero-order chi connectivity index (χ0) is 6.95. The van der Waals surface area contributed by atoms with Crippen LogP contribution in [-0.4, -0.2) is 5.88 Å². The quantitative estimate of drug-likeness (QED) is 0.420. The Hall–Kier alpha value is -0.230. The monoisotopic (exact) mass is 144 g/mol. The molecule has 0 nitrogen and oxygen atoms in total. The lowest BCUT2D eigenvalue weighted by Crippen LogP contribution is -1.61. The SMILES string of the molecule is CC/C=C/C/C=C/CCl. The first-order chi connectivity index (χ1) is 4.41. The molecular formula is C8H13Cl. The van der Waals surface area contributed by atoms with Crippen molar-refractivity contribution >= 4 is 11.6 Å². The van der Waals surface area contributed by atoms with Crippen LogP contribution in [0.4, 0.5) is 0 Å². The molecule has 0 N–H and O–H groups in total. The highest BCUT2D eigenvalue weighted by Gasteiger charge is 1.68. The summed E-state index contributed by atoms with van der Waals surface area (Å²) in [5, 5.41) is 0. The number of allylic oxidation sites excluding steroid dienone is 4. The standard InChI is InChI=1S/C8H13Cl/c1-2-3-4-5-6-7-8-9/h3-4,6-7H,2,5,8H2,1H3/b4-3+,7-6+. The maximum Gasteiger partial charge on any atom is 0.0404 e. The molecule has 0 aromatic heterocycles. The lowest BCUT2D eigenvalue weighted by atomic mass is 10.3. The van der Waals surface area contributed by atoms with Gasteiger partial charge in [0.05, 0.1) is 0 Å². The van der Waals surface area contributed by atoms with Gasteiger partial charge in [0, 0.05) is 5.88 Å². The second kappa shape index (κ2) is 7.77. The number of alkyl halides is 1. The molecule has 52 valence electrons. The number of hydrogen-bond donors (Lipinski definition) is 0. The molecule has 1 heteroatoms. The van der Waals surface area contributed by atoms with E-state index in [1.54, 1.807) is 0 Å². The Balaban J connectivity index is 3.08. The van der Waals surface area contributed by atoms with E-state index in [4.69, 9.17) is 11.6 Å². The molecule has 0 amide bonds. The van der Waals surface area contributed by atoms with Crippen molar-refractivity contribution in [1.29, 1.82) is 0 Å². The van der Waals surface area contributed by atoms with Gasteiger partial charge in [-0.3, -0.25) is 0 Å². The fourth-order valence-corrected chi connectivity index (χ4v) is 0.627. The van der Waals surface area contributed by atoms with Crippen LogP contribution in [0.15, 0.2) is 24.3 Å². The van der Waals surface area contributed by atoms with Crippen molar-refractivity contribution in [1.82, 2.24) is 0 Å². The van der Waals surface area contributed by atoms with Crippen LogP contribution in [0.5, 0.6) is 0 Å². The summed E-state index contributed by atoms with van der Waals surface area (Å²) < 4.78 is 0. The zero-order valence-electron chi connectivity index (χ0n) is 5.81. The maximum absolute atomic E-state index is 5.40. The van der Waals surface area contributed by atoms with E-state index >= 15 is 0 Å². The van der Waals surface area contributed by atoms with Gasteiger partial charge in [-0.1, -0.05) is 31.2 Å². The highest BCUT2D eigenvalue weighted by Crippen LogP contribution is 1.88. The average molecular weight is 145 g/mol. The third kappa shape index (κ3) is 7.77. The van der Waals surface area contributed by atoms with Gasteiger partial charge in [-0.05, 0) is 12.8 Å². The Morgan fingerprint density at radius 2 is 1.78 bits per heavy atom. The third-order valence-corrected chi connectivity index (χ3v) is 1.11. The smallest absolute Gasteiger partial charge is 0.0404 e. The van der Waals surface area contributed by atoms with Crippen molar-refractivity contribution in [2.45, 2.75) is 19.8 Å². The van der Waals surface area contributed by atoms with E-state index in [2.05, 4.69) is 25.2 Å². The average Bonchev–Trinajstić information content (AvgIpc) is 1.89. The van der Waals surface area contributed by atoms with E-state index in [9.17, 15) is 0 Å². The van der Waals surface area contributed by atoms with Gasteiger partial charge in [0.2, 0.25) is 0 Å². The molecule has 0 radical (unpaired) electrons. The summed E-state index contributed by atoms with van der Waals surface area (Å²) in [5.41, 5.74) is 0. The predicted octanol–water partition coefficient (Wildman–Crippen LogP) is 3.14. The van der Waals surface area contributed by atoms with Crippen molar-refractivity contribution in [3.63, 3.8) is 0 Å². The number of hydrogen-bond acceptors (Lipinski definition) is 0. The van der Waals surface area contributed by atoms with Crippen molar-refractivity contribution < 1.29 is 0 Å². The van der Waals surface area contributed by atoms with E-state index in [1.165, 1.54) is 0 Å². The van der Waals surface area contributed by atoms with E-state index in [0.717, 1.165) is 12.8 Å². The van der Waals surface area contributed by atoms with Crippen molar-refractivity contribution in [3.8, 4) is 0 Å². The Morgan fingerprint density at radius 3 is 2.33 bits per heavy atom. The molecule has 0 aliphatic rings. The summed E-state index contributed by atoms with van der Waals surface area (Å²) in [5.74, 6) is 0.625. The van der Waals surface area contributed by atoms with Crippen molar-refractivity contribution in [2.24, 2.45) is 0 Å². The normalized spacial score (nSPS) is 11.8. The van der Waals surface area contributed by atoms with Crippen molar-refractivity contribution in [3.05, 3.63) is 24.3 Å². The summed E-state index contributed by atoms with van der Waals surface area (Å²) in [6.07, 6.45) is 10.5. The molecule has 0 rings (SSSR count). The van der Waals surface area contributed by atoms with Crippen molar-refractivity contribution in [2.75, 3.05) is 5.88 Å². The zero-order valence-corrected chi connectivity index (χ0v) is 6.56. The minimum atomic E-state index is 0.625. The predicted molar refractivity (Wildman–Crippen MR) is 43.9 cm³/mol. The molecule has 0 aliphatic heterocycles. The highest BCUT2D eigenvalue weighted by molar-refractivity contribution is 6.18. The molecule has 0 unspecified atom stereocenters. The fraction of sp³-hybridized carbons (Fsp3) is 0.500. The van der Waals surface area contributed by atoms with Gasteiger partial charge < -0.3 is 0 Å². The summed E-state index contributed by atoms with van der Waals surface area (Å²) in [6, 6.07) is 0. The summed E-state index contributed by atoms with van der Waals surface area (Å²) >= 11 is 5.40. The Bertz CT molecular complexity index is 80.7. The molecule has 0 aliphatic carbocycles. The maximum atomic E-state index is 5.40. The molecule has 0 spiro atoms. The molecule has 0 bridgehead atoms. The largest absolute Gasteiger partial charge is 0.122 e. The topological polar surface area (TPSA) is 0 Å². The van der Waals surface area contributed by atoms with E-state index in [0.29, 0.717) is 5.88 Å². The highest BCUT2D eigenvalue weighted by atomic mass is 35.5. The lowest BCUT2D eigenvalue weighted by molar-refractivity contribution is 1.20. The van der Waals surface area contributed by atoms with Gasteiger partial charge in [0.15, 0.2) is 0 Å². The van der Waals surface area contributed by atoms with Crippen LogP contribution in [0.1, 0.15) is 19.8 Å². The molecular weight excluding hydrogens is 132 g/mol. The molecule has 0 saturated carbocycles. The Morgan fingerprint density at radius 1 is 1.11 bits per heavy atom.